The van der Waals surface area contributed by atoms with Crippen LogP contribution in [0.25, 0.3) is 0 Å². The maximum absolute atomic E-state index is 11.1. The summed E-state index contributed by atoms with van der Waals surface area (Å²) in [7, 11) is -4.67. The number of aliphatic hydroxyl groups is 1. The molecule has 4 N–H and O–H groups in total. The first-order chi connectivity index (χ1) is 5.70. The zero-order valence-electron chi connectivity index (χ0n) is 6.78. The van der Waals surface area contributed by atoms with Gasteiger partial charge in [0.25, 0.3) is 5.91 Å². The number of amides is 1. The zero-order valence-corrected chi connectivity index (χ0v) is 7.68. The van der Waals surface area contributed by atoms with Crippen LogP contribution < -0.4 is 0 Å². The average molecular weight is 211 g/mol. The number of carbonyl (C=O) groups is 1. The molecule has 0 spiro atoms. The minimum atomic E-state index is -4.67. The van der Waals surface area contributed by atoms with Crippen LogP contribution in [0.2, 0.25) is 0 Å². The average Bonchev–Trinajstić information content (AvgIpc) is 2.15. The second-order valence-electron chi connectivity index (χ2n) is 3.15. The molecule has 7 nitrogen and oxygen atoms in total. The number of hydroxylamine groups is 2. The number of aliphatic hydroxyl groups excluding tert-OH is 1. The van der Waals surface area contributed by atoms with Crippen molar-refractivity contribution in [2.24, 2.45) is 0 Å². The number of hydrogen-bond acceptors (Lipinski definition) is 4. The van der Waals surface area contributed by atoms with Gasteiger partial charge in [0.1, 0.15) is 0 Å². The van der Waals surface area contributed by atoms with Gasteiger partial charge in [0.05, 0.1) is 0 Å². The molecule has 1 aliphatic heterocycles. The van der Waals surface area contributed by atoms with Crippen LogP contribution in [-0.4, -0.2) is 42.5 Å². The molecular weight excluding hydrogens is 201 g/mol. The van der Waals surface area contributed by atoms with Crippen molar-refractivity contribution in [3.05, 3.63) is 0 Å². The van der Waals surface area contributed by atoms with Crippen LogP contribution in [-0.2, 0) is 9.36 Å². The van der Waals surface area contributed by atoms with Crippen molar-refractivity contribution in [2.75, 3.05) is 0 Å². The second kappa shape index (κ2) is 2.76. The molecule has 0 bridgehead atoms. The minimum Gasteiger partial charge on any atom is -0.371 e. The lowest BCUT2D eigenvalue weighted by molar-refractivity contribution is -0.190. The van der Waals surface area contributed by atoms with Gasteiger partial charge in [-0.1, -0.05) is 0 Å². The predicted octanol–water partition coefficient (Wildman–Crippen LogP) is -1.14. The van der Waals surface area contributed by atoms with Crippen LogP contribution in [0, 0.1) is 0 Å². The van der Waals surface area contributed by atoms with Crippen LogP contribution in [0.3, 0.4) is 0 Å². The first kappa shape index (κ1) is 10.6. The summed E-state index contributed by atoms with van der Waals surface area (Å²) in [5, 5.41) is 15.8. The Morgan fingerprint density at radius 3 is 2.23 bits per heavy atom. The summed E-state index contributed by atoms with van der Waals surface area (Å²) in [6, 6.07) is 0. The Morgan fingerprint density at radius 1 is 1.62 bits per heavy atom. The van der Waals surface area contributed by atoms with Gasteiger partial charge >= 0.3 is 7.60 Å². The van der Waals surface area contributed by atoms with Gasteiger partial charge in [0, 0.05) is 6.42 Å². The van der Waals surface area contributed by atoms with E-state index in [0.29, 0.717) is 0 Å². The molecule has 0 unspecified atom stereocenters. The summed E-state index contributed by atoms with van der Waals surface area (Å²) in [6.07, 6.45) is -2.03. The molecule has 0 aromatic heterocycles. The Morgan fingerprint density at radius 2 is 2.08 bits per heavy atom. The Hall–Kier alpha value is -0.460. The first-order valence-electron chi connectivity index (χ1n) is 3.46. The number of rotatable bonds is 1. The van der Waals surface area contributed by atoms with Crippen molar-refractivity contribution in [1.82, 2.24) is 5.06 Å². The Labute approximate surface area is 73.7 Å². The fourth-order valence-corrected chi connectivity index (χ4v) is 1.91. The largest absolute Gasteiger partial charge is 0.371 e. The molecule has 1 rings (SSSR count). The third-order valence-corrected chi connectivity index (χ3v) is 3.83. The standard InChI is InChI=1S/C5H10NO6P/c1-5(13(10,11)12)2-3(7)6(9)4(5)8/h3,7,9H,2H2,1H3,(H2,10,11,12)/t3-,5-/m1/s1. The van der Waals surface area contributed by atoms with Gasteiger partial charge in [0.15, 0.2) is 11.4 Å². The van der Waals surface area contributed by atoms with E-state index in [1.807, 2.05) is 0 Å². The fourth-order valence-electron chi connectivity index (χ4n) is 1.15. The third-order valence-electron chi connectivity index (χ3n) is 2.17. The van der Waals surface area contributed by atoms with Crippen molar-refractivity contribution >= 4 is 13.5 Å². The van der Waals surface area contributed by atoms with E-state index in [0.717, 1.165) is 6.92 Å². The normalized spacial score (nSPS) is 35.6. The van der Waals surface area contributed by atoms with Gasteiger partial charge in [-0.05, 0) is 6.92 Å². The van der Waals surface area contributed by atoms with Gasteiger partial charge in [-0.2, -0.15) is 5.06 Å². The molecule has 1 heterocycles. The molecule has 1 fully saturated rings. The Bertz CT molecular complexity index is 287. The predicted molar refractivity (Wildman–Crippen MR) is 39.7 cm³/mol. The lowest BCUT2D eigenvalue weighted by atomic mass is 10.1. The quantitative estimate of drug-likeness (QED) is 0.321. The molecular formula is C5H10NO6P. The molecule has 8 heteroatoms. The van der Waals surface area contributed by atoms with E-state index in [4.69, 9.17) is 20.1 Å². The summed E-state index contributed by atoms with van der Waals surface area (Å²) in [6.45, 7) is 1.01. The molecule has 76 valence electrons. The highest BCUT2D eigenvalue weighted by Crippen LogP contribution is 2.56. The zero-order chi connectivity index (χ0) is 10.4. The summed E-state index contributed by atoms with van der Waals surface area (Å²) in [4.78, 5) is 28.8. The minimum absolute atomic E-state index is 0.0565. The molecule has 0 aromatic rings. The SMILES string of the molecule is C[C@@]1(P(=O)(O)O)C[C@@H](O)N(O)C1=O. The Balaban J connectivity index is 3.09. The highest BCUT2D eigenvalue weighted by molar-refractivity contribution is 7.54. The van der Waals surface area contributed by atoms with Crippen LogP contribution in [0.1, 0.15) is 13.3 Å². The van der Waals surface area contributed by atoms with Gasteiger partial charge in [-0.15, -0.1) is 0 Å². The number of carbonyl (C=O) groups excluding carboxylic acids is 1. The van der Waals surface area contributed by atoms with Gasteiger partial charge in [0.2, 0.25) is 0 Å². The summed E-state index contributed by atoms with van der Waals surface area (Å²) < 4.78 is 10.9. The van der Waals surface area contributed by atoms with Crippen molar-refractivity contribution in [1.29, 1.82) is 0 Å². The smallest absolute Gasteiger partial charge is 0.341 e. The molecule has 1 saturated heterocycles. The molecule has 13 heavy (non-hydrogen) atoms. The van der Waals surface area contributed by atoms with Crippen LogP contribution >= 0.6 is 7.60 Å². The summed E-state index contributed by atoms with van der Waals surface area (Å²) in [5.41, 5.74) is 0. The van der Waals surface area contributed by atoms with Crippen LogP contribution in [0.15, 0.2) is 0 Å². The monoisotopic (exact) mass is 211 g/mol. The van der Waals surface area contributed by atoms with Crippen LogP contribution in [0.5, 0.6) is 0 Å². The maximum atomic E-state index is 11.1. The summed E-state index contributed by atoms with van der Waals surface area (Å²) >= 11 is 0. The maximum Gasteiger partial charge on any atom is 0.341 e. The fraction of sp³-hybridized carbons (Fsp3) is 0.800. The molecule has 1 aliphatic rings. The topological polar surface area (TPSA) is 118 Å². The van der Waals surface area contributed by atoms with Crippen molar-refractivity contribution < 1.29 is 29.5 Å². The highest BCUT2D eigenvalue weighted by atomic mass is 31.2. The molecule has 1 amide bonds. The van der Waals surface area contributed by atoms with E-state index in [1.165, 1.54) is 0 Å². The lowest BCUT2D eigenvalue weighted by Crippen LogP contribution is -2.36. The number of nitrogens with zero attached hydrogens (tertiary/aromatic N) is 1. The van der Waals surface area contributed by atoms with E-state index in [2.05, 4.69) is 0 Å². The molecule has 0 radical (unpaired) electrons. The van der Waals surface area contributed by atoms with Gasteiger partial charge in [-0.25, -0.2) is 0 Å². The van der Waals surface area contributed by atoms with E-state index in [9.17, 15) is 9.36 Å². The Kier molecular flexibility index (Phi) is 2.26. The highest BCUT2D eigenvalue weighted by Gasteiger charge is 2.58. The first-order valence-corrected chi connectivity index (χ1v) is 5.07. The van der Waals surface area contributed by atoms with Crippen LogP contribution in [0.4, 0.5) is 0 Å². The van der Waals surface area contributed by atoms with E-state index in [1.54, 1.807) is 0 Å². The summed E-state index contributed by atoms with van der Waals surface area (Å²) in [5.74, 6) is -1.16. The van der Waals surface area contributed by atoms with E-state index in [-0.39, 0.29) is 5.06 Å². The molecule has 0 saturated carbocycles. The van der Waals surface area contributed by atoms with Gasteiger partial charge < -0.3 is 14.9 Å². The number of hydrogen-bond donors (Lipinski definition) is 4. The van der Waals surface area contributed by atoms with Crippen molar-refractivity contribution in [3.8, 4) is 0 Å². The van der Waals surface area contributed by atoms with E-state index >= 15 is 0 Å². The van der Waals surface area contributed by atoms with E-state index < -0.39 is 31.3 Å². The third kappa shape index (κ3) is 1.38. The van der Waals surface area contributed by atoms with Crippen molar-refractivity contribution in [3.63, 3.8) is 0 Å². The molecule has 0 aliphatic carbocycles. The lowest BCUT2D eigenvalue weighted by Gasteiger charge is -2.21. The molecule has 0 aromatic carbocycles. The molecule has 2 atom stereocenters. The van der Waals surface area contributed by atoms with Crippen molar-refractivity contribution in [2.45, 2.75) is 24.7 Å². The second-order valence-corrected chi connectivity index (χ2v) is 5.23. The van der Waals surface area contributed by atoms with Gasteiger partial charge in [-0.3, -0.25) is 14.6 Å².